The minimum Gasteiger partial charge on any atom is -0.338 e. The number of urea groups is 1. The molecule has 0 spiro atoms. The fraction of sp³-hybridized carbons (Fsp3) is 0.429. The molecule has 1 fully saturated rings. The van der Waals surface area contributed by atoms with E-state index in [2.05, 4.69) is 26.1 Å². The number of amides is 2. The Bertz CT molecular complexity index is 588. The summed E-state index contributed by atoms with van der Waals surface area (Å²) < 4.78 is 0. The van der Waals surface area contributed by atoms with Gasteiger partial charge < -0.3 is 16.0 Å². The van der Waals surface area contributed by atoms with Gasteiger partial charge in [0, 0.05) is 18.0 Å². The van der Waals surface area contributed by atoms with Crippen molar-refractivity contribution in [3.8, 4) is 0 Å². The number of hydrogen-bond acceptors (Lipinski definition) is 3. The van der Waals surface area contributed by atoms with Crippen LogP contribution >= 0.6 is 0 Å². The number of anilines is 1. The molecule has 106 valence electrons. The van der Waals surface area contributed by atoms with Gasteiger partial charge in [0.05, 0.1) is 17.4 Å². The number of nitrogens with one attached hydrogen (secondary N) is 4. The second kappa shape index (κ2) is 5.92. The Morgan fingerprint density at radius 1 is 1.45 bits per heavy atom. The van der Waals surface area contributed by atoms with Crippen LogP contribution in [-0.2, 0) is 0 Å². The highest BCUT2D eigenvalue weighted by atomic mass is 16.2. The molecule has 0 bridgehead atoms. The van der Waals surface area contributed by atoms with E-state index in [1.165, 1.54) is 12.8 Å². The van der Waals surface area contributed by atoms with Crippen molar-refractivity contribution in [2.24, 2.45) is 0 Å². The summed E-state index contributed by atoms with van der Waals surface area (Å²) in [5, 5.41) is 17.0. The van der Waals surface area contributed by atoms with Crippen molar-refractivity contribution in [2.75, 3.05) is 18.4 Å². The molecule has 2 heterocycles. The van der Waals surface area contributed by atoms with Crippen molar-refractivity contribution in [3.63, 3.8) is 0 Å². The van der Waals surface area contributed by atoms with Gasteiger partial charge in [-0.3, -0.25) is 5.10 Å². The Balaban J connectivity index is 1.52. The van der Waals surface area contributed by atoms with Crippen LogP contribution in [0.1, 0.15) is 19.3 Å². The van der Waals surface area contributed by atoms with E-state index in [9.17, 15) is 4.79 Å². The van der Waals surface area contributed by atoms with Crippen LogP contribution in [0.2, 0.25) is 0 Å². The largest absolute Gasteiger partial charge is 0.338 e. The molecule has 0 radical (unpaired) electrons. The lowest BCUT2D eigenvalue weighted by Gasteiger charge is -2.11. The number of H-pyrrole nitrogens is 1. The van der Waals surface area contributed by atoms with Gasteiger partial charge in [-0.25, -0.2) is 4.79 Å². The molecule has 1 atom stereocenters. The summed E-state index contributed by atoms with van der Waals surface area (Å²) in [6.07, 6.45) is 5.15. The lowest BCUT2D eigenvalue weighted by atomic mass is 10.1. The van der Waals surface area contributed by atoms with E-state index in [1.54, 1.807) is 6.20 Å². The predicted octanol–water partition coefficient (Wildman–Crippen LogP) is 1.83. The van der Waals surface area contributed by atoms with Crippen molar-refractivity contribution in [3.05, 3.63) is 24.4 Å². The SMILES string of the molecule is O=C(NCC[C@@H]1CCCN1)Nc1cccc2cn[nH]c12. The topological polar surface area (TPSA) is 81.8 Å². The number of aromatic amines is 1. The monoisotopic (exact) mass is 273 g/mol. The van der Waals surface area contributed by atoms with E-state index in [0.29, 0.717) is 12.6 Å². The Kier molecular flexibility index (Phi) is 3.83. The number of nitrogens with zero attached hydrogens (tertiary/aromatic N) is 1. The lowest BCUT2D eigenvalue weighted by Crippen LogP contribution is -2.33. The molecule has 1 aliphatic heterocycles. The fourth-order valence-electron chi connectivity index (χ4n) is 2.60. The van der Waals surface area contributed by atoms with Crippen LogP contribution in [0.15, 0.2) is 24.4 Å². The number of para-hydroxylation sites is 1. The molecule has 6 heteroatoms. The summed E-state index contributed by atoms with van der Waals surface area (Å²) in [7, 11) is 0. The van der Waals surface area contributed by atoms with E-state index in [4.69, 9.17) is 0 Å². The Morgan fingerprint density at radius 2 is 2.40 bits per heavy atom. The van der Waals surface area contributed by atoms with E-state index in [0.717, 1.165) is 29.6 Å². The minimum absolute atomic E-state index is 0.176. The first-order valence-electron chi connectivity index (χ1n) is 7.03. The van der Waals surface area contributed by atoms with Gasteiger partial charge in [-0.15, -0.1) is 0 Å². The first kappa shape index (κ1) is 12.9. The van der Waals surface area contributed by atoms with Gasteiger partial charge in [0.2, 0.25) is 0 Å². The van der Waals surface area contributed by atoms with E-state index >= 15 is 0 Å². The lowest BCUT2D eigenvalue weighted by molar-refractivity contribution is 0.251. The molecule has 2 amide bonds. The van der Waals surface area contributed by atoms with Crippen LogP contribution < -0.4 is 16.0 Å². The van der Waals surface area contributed by atoms with Crippen LogP contribution in [0.3, 0.4) is 0 Å². The number of hydrogen-bond donors (Lipinski definition) is 4. The van der Waals surface area contributed by atoms with Gasteiger partial charge >= 0.3 is 6.03 Å². The van der Waals surface area contributed by atoms with E-state index in [-0.39, 0.29) is 6.03 Å². The fourth-order valence-corrected chi connectivity index (χ4v) is 2.60. The summed E-state index contributed by atoms with van der Waals surface area (Å²) >= 11 is 0. The number of aromatic nitrogens is 2. The average Bonchev–Trinajstić information content (AvgIpc) is 3.09. The number of benzene rings is 1. The van der Waals surface area contributed by atoms with Gasteiger partial charge in [-0.2, -0.15) is 5.10 Å². The normalized spacial score (nSPS) is 18.3. The summed E-state index contributed by atoms with van der Waals surface area (Å²) in [6, 6.07) is 6.08. The first-order valence-corrected chi connectivity index (χ1v) is 7.03. The minimum atomic E-state index is -0.176. The molecule has 20 heavy (non-hydrogen) atoms. The van der Waals surface area contributed by atoms with Crippen molar-refractivity contribution in [1.29, 1.82) is 0 Å². The van der Waals surface area contributed by atoms with Crippen LogP contribution in [-0.4, -0.2) is 35.4 Å². The summed E-state index contributed by atoms with van der Waals surface area (Å²) in [5.41, 5.74) is 1.59. The predicted molar refractivity (Wildman–Crippen MR) is 78.8 cm³/mol. The van der Waals surface area contributed by atoms with Gasteiger partial charge in [0.1, 0.15) is 0 Å². The third-order valence-corrected chi connectivity index (χ3v) is 3.67. The van der Waals surface area contributed by atoms with Crippen molar-refractivity contribution in [2.45, 2.75) is 25.3 Å². The number of carbonyl (C=O) groups excluding carboxylic acids is 1. The zero-order chi connectivity index (χ0) is 13.8. The summed E-state index contributed by atoms with van der Waals surface area (Å²) in [5.74, 6) is 0. The summed E-state index contributed by atoms with van der Waals surface area (Å²) in [6.45, 7) is 1.78. The molecule has 1 saturated heterocycles. The van der Waals surface area contributed by atoms with E-state index in [1.807, 2.05) is 18.2 Å². The van der Waals surface area contributed by atoms with Crippen LogP contribution in [0.4, 0.5) is 10.5 Å². The second-order valence-corrected chi connectivity index (χ2v) is 5.10. The molecule has 4 N–H and O–H groups in total. The molecule has 0 saturated carbocycles. The molecule has 1 aliphatic rings. The molecule has 3 rings (SSSR count). The van der Waals surface area contributed by atoms with Crippen molar-refractivity contribution in [1.82, 2.24) is 20.8 Å². The van der Waals surface area contributed by atoms with E-state index < -0.39 is 0 Å². The number of fused-ring (bicyclic) bond motifs is 1. The maximum Gasteiger partial charge on any atom is 0.319 e. The first-order chi connectivity index (χ1) is 9.83. The van der Waals surface area contributed by atoms with Crippen LogP contribution in [0, 0.1) is 0 Å². The molecule has 0 aliphatic carbocycles. The standard InChI is InChI=1S/C14H19N5O/c20-14(16-8-6-11-4-2-7-15-11)18-12-5-1-3-10-9-17-19-13(10)12/h1,3,5,9,11,15H,2,4,6-8H2,(H,17,19)(H2,16,18,20)/t11-/m0/s1. The third kappa shape index (κ3) is 2.91. The Hall–Kier alpha value is -2.08. The molecular weight excluding hydrogens is 254 g/mol. The van der Waals surface area contributed by atoms with Crippen molar-refractivity contribution >= 4 is 22.6 Å². The van der Waals surface area contributed by atoms with Gasteiger partial charge in [0.15, 0.2) is 0 Å². The van der Waals surface area contributed by atoms with Gasteiger partial charge in [-0.05, 0) is 31.9 Å². The molecule has 1 aromatic carbocycles. The zero-order valence-electron chi connectivity index (χ0n) is 11.3. The maximum atomic E-state index is 11.9. The highest BCUT2D eigenvalue weighted by Crippen LogP contribution is 2.20. The average molecular weight is 273 g/mol. The highest BCUT2D eigenvalue weighted by molar-refractivity contribution is 5.99. The molecule has 0 unspecified atom stereocenters. The quantitative estimate of drug-likeness (QED) is 0.686. The van der Waals surface area contributed by atoms with Gasteiger partial charge in [0.25, 0.3) is 0 Å². The molecule has 2 aromatic rings. The van der Waals surface area contributed by atoms with Gasteiger partial charge in [-0.1, -0.05) is 12.1 Å². The van der Waals surface area contributed by atoms with Crippen LogP contribution in [0.25, 0.3) is 10.9 Å². The highest BCUT2D eigenvalue weighted by Gasteiger charge is 2.13. The van der Waals surface area contributed by atoms with Crippen molar-refractivity contribution < 1.29 is 4.79 Å². The second-order valence-electron chi connectivity index (χ2n) is 5.10. The number of rotatable bonds is 4. The number of carbonyl (C=O) groups is 1. The third-order valence-electron chi connectivity index (χ3n) is 3.67. The molecule has 6 nitrogen and oxygen atoms in total. The van der Waals surface area contributed by atoms with Crippen LogP contribution in [0.5, 0.6) is 0 Å². The maximum absolute atomic E-state index is 11.9. The molecule has 1 aromatic heterocycles. The smallest absolute Gasteiger partial charge is 0.319 e. The zero-order valence-corrected chi connectivity index (χ0v) is 11.3. The Labute approximate surface area is 117 Å². The Morgan fingerprint density at radius 3 is 3.25 bits per heavy atom. The molecular formula is C14H19N5O. The summed E-state index contributed by atoms with van der Waals surface area (Å²) in [4.78, 5) is 11.9.